The number of thioether (sulfide) groups is 2. The second-order valence-corrected chi connectivity index (χ2v) is 16.8. The number of amides is 2. The first kappa shape index (κ1) is 33.0. The first-order chi connectivity index (χ1) is 19.1. The lowest BCUT2D eigenvalue weighted by atomic mass is 10.2. The van der Waals surface area contributed by atoms with Gasteiger partial charge in [-0.15, -0.1) is 10.2 Å². The molecule has 0 aliphatic carbocycles. The Morgan fingerprint density at radius 1 is 0.732 bits per heavy atom. The van der Waals surface area contributed by atoms with E-state index in [9.17, 15) is 26.4 Å². The third-order valence-electron chi connectivity index (χ3n) is 5.56. The zero-order valence-corrected chi connectivity index (χ0v) is 27.2. The van der Waals surface area contributed by atoms with Crippen LogP contribution in [-0.4, -0.2) is 87.2 Å². The molecule has 0 bridgehead atoms. The lowest BCUT2D eigenvalue weighted by molar-refractivity contribution is -0.114. The normalized spacial score (nSPS) is 12.1. The molecule has 1 aromatic heterocycles. The van der Waals surface area contributed by atoms with Crippen LogP contribution in [0.25, 0.3) is 0 Å². The van der Waals surface area contributed by atoms with Crippen molar-refractivity contribution in [1.82, 2.24) is 18.8 Å². The van der Waals surface area contributed by atoms with Gasteiger partial charge in [0, 0.05) is 39.6 Å². The summed E-state index contributed by atoms with van der Waals surface area (Å²) in [7, 11) is -1.54. The number of sulfonamides is 2. The van der Waals surface area contributed by atoms with Crippen LogP contribution in [0.2, 0.25) is 0 Å². The molecule has 0 saturated heterocycles. The van der Waals surface area contributed by atoms with Gasteiger partial charge < -0.3 is 10.6 Å². The standard InChI is InChI=1S/C24H30N6O6S5/c1-15-7-9-17(40(33,34)29(3)4)11-19(15)25-21(31)13-37-23-27-28-24(39-23)38-14-22(32)26-20-12-18(10-8-16(20)2)41(35,36)30(5)6/h7-12H,13-14H2,1-6H3,(H,25,31)(H,26,32). The number of nitrogens with zero attached hydrogens (tertiary/aromatic N) is 4. The molecule has 12 nitrogen and oxygen atoms in total. The summed E-state index contributed by atoms with van der Waals surface area (Å²) < 4.78 is 52.9. The van der Waals surface area contributed by atoms with Gasteiger partial charge in [0.25, 0.3) is 0 Å². The fraction of sp³-hybridized carbons (Fsp3) is 0.333. The average Bonchev–Trinajstić information content (AvgIpc) is 3.36. The second-order valence-electron chi connectivity index (χ2n) is 9.04. The minimum Gasteiger partial charge on any atom is -0.325 e. The Kier molecular flexibility index (Phi) is 11.0. The largest absolute Gasteiger partial charge is 0.325 e. The maximum absolute atomic E-state index is 12.5. The molecule has 2 N–H and O–H groups in total. The molecule has 3 rings (SSSR count). The first-order valence-electron chi connectivity index (χ1n) is 11.9. The van der Waals surface area contributed by atoms with E-state index in [0.29, 0.717) is 20.1 Å². The van der Waals surface area contributed by atoms with Crippen molar-refractivity contribution >= 4 is 78.1 Å². The Hall–Kier alpha value is -2.54. The van der Waals surface area contributed by atoms with Crippen molar-refractivity contribution in [3.8, 4) is 0 Å². The van der Waals surface area contributed by atoms with E-state index in [1.54, 1.807) is 26.0 Å². The monoisotopic (exact) mass is 658 g/mol. The molecular weight excluding hydrogens is 629 g/mol. The molecule has 3 aromatic rings. The number of carbonyl (C=O) groups excluding carboxylic acids is 2. The number of anilines is 2. The van der Waals surface area contributed by atoms with Crippen molar-refractivity contribution in [1.29, 1.82) is 0 Å². The molecule has 0 unspecified atom stereocenters. The predicted molar refractivity (Wildman–Crippen MR) is 163 cm³/mol. The third kappa shape index (κ3) is 8.50. The molecule has 0 atom stereocenters. The van der Waals surface area contributed by atoms with Crippen molar-refractivity contribution in [2.75, 3.05) is 50.3 Å². The first-order valence-corrected chi connectivity index (χ1v) is 17.5. The predicted octanol–water partition coefficient (Wildman–Crippen LogP) is 3.12. The maximum Gasteiger partial charge on any atom is 0.242 e. The number of benzene rings is 2. The maximum atomic E-state index is 12.5. The summed E-state index contributed by atoms with van der Waals surface area (Å²) in [6, 6.07) is 9.10. The molecule has 222 valence electrons. The quantitative estimate of drug-likeness (QED) is 0.277. The molecule has 2 aromatic carbocycles. The number of rotatable bonds is 12. The summed E-state index contributed by atoms with van der Waals surface area (Å²) >= 11 is 3.56. The summed E-state index contributed by atoms with van der Waals surface area (Å²) in [5, 5.41) is 13.6. The fourth-order valence-corrected chi connectivity index (χ4v) is 7.63. The van der Waals surface area contributed by atoms with Gasteiger partial charge in [-0.3, -0.25) is 9.59 Å². The van der Waals surface area contributed by atoms with Crippen molar-refractivity contribution in [2.24, 2.45) is 0 Å². The molecule has 2 amide bonds. The number of hydrogen-bond donors (Lipinski definition) is 2. The van der Waals surface area contributed by atoms with E-state index in [2.05, 4.69) is 20.8 Å². The number of carbonyl (C=O) groups is 2. The Bertz CT molecular complexity index is 1530. The van der Waals surface area contributed by atoms with Crippen LogP contribution in [0.4, 0.5) is 11.4 Å². The van der Waals surface area contributed by atoms with Gasteiger partial charge in [0.2, 0.25) is 31.9 Å². The zero-order chi connectivity index (χ0) is 30.5. The SMILES string of the molecule is Cc1ccc(S(=O)(=O)N(C)C)cc1NC(=O)CSc1nnc(SCC(=O)Nc2cc(S(=O)(=O)N(C)C)ccc2C)s1. The summed E-state index contributed by atoms with van der Waals surface area (Å²) in [5.41, 5.74) is 2.24. The van der Waals surface area contributed by atoms with Crippen LogP contribution in [0.15, 0.2) is 54.9 Å². The van der Waals surface area contributed by atoms with E-state index in [0.717, 1.165) is 19.7 Å². The van der Waals surface area contributed by atoms with Crippen LogP contribution < -0.4 is 10.6 Å². The van der Waals surface area contributed by atoms with E-state index < -0.39 is 20.0 Å². The Balaban J connectivity index is 1.54. The summed E-state index contributed by atoms with van der Waals surface area (Å²) in [4.78, 5) is 25.2. The molecule has 0 fully saturated rings. The van der Waals surface area contributed by atoms with Crippen LogP contribution in [0.3, 0.4) is 0 Å². The number of aryl methyl sites for hydroxylation is 2. The molecule has 0 aliphatic heterocycles. The fourth-order valence-electron chi connectivity index (χ4n) is 3.16. The Labute approximate surface area is 252 Å². The van der Waals surface area contributed by atoms with E-state index in [1.807, 2.05) is 0 Å². The van der Waals surface area contributed by atoms with Gasteiger partial charge in [0.15, 0.2) is 8.68 Å². The average molecular weight is 659 g/mol. The summed E-state index contributed by atoms with van der Waals surface area (Å²) in [6.45, 7) is 3.53. The highest BCUT2D eigenvalue weighted by molar-refractivity contribution is 8.03. The second kappa shape index (κ2) is 13.6. The third-order valence-corrected chi connectivity index (χ3v) is 12.4. The topological polar surface area (TPSA) is 159 Å². The van der Waals surface area contributed by atoms with Crippen molar-refractivity contribution in [3.05, 3.63) is 47.5 Å². The highest BCUT2D eigenvalue weighted by atomic mass is 32.2. The molecule has 0 aliphatic rings. The lowest BCUT2D eigenvalue weighted by Crippen LogP contribution is -2.22. The summed E-state index contributed by atoms with van der Waals surface area (Å²) in [5.74, 6) is -0.629. The number of nitrogens with one attached hydrogen (secondary N) is 2. The molecule has 0 spiro atoms. The van der Waals surface area contributed by atoms with E-state index in [-0.39, 0.29) is 33.1 Å². The van der Waals surface area contributed by atoms with Crippen LogP contribution in [0.5, 0.6) is 0 Å². The molecular formula is C24H30N6O6S5. The minimum absolute atomic E-state index is 0.0232. The molecule has 0 radical (unpaired) electrons. The molecule has 1 heterocycles. The van der Waals surface area contributed by atoms with Crippen LogP contribution >= 0.6 is 34.9 Å². The lowest BCUT2D eigenvalue weighted by Gasteiger charge is -2.14. The molecule has 17 heteroatoms. The van der Waals surface area contributed by atoms with Crippen LogP contribution in [0, 0.1) is 13.8 Å². The van der Waals surface area contributed by atoms with Crippen LogP contribution in [-0.2, 0) is 29.6 Å². The number of hydrogen-bond acceptors (Lipinski definition) is 11. The minimum atomic E-state index is -3.64. The van der Waals surface area contributed by atoms with Gasteiger partial charge in [-0.1, -0.05) is 47.0 Å². The smallest absolute Gasteiger partial charge is 0.242 e. The van der Waals surface area contributed by atoms with Gasteiger partial charge in [0.1, 0.15) is 0 Å². The number of aromatic nitrogens is 2. The Morgan fingerprint density at radius 2 is 1.10 bits per heavy atom. The van der Waals surface area contributed by atoms with Crippen LogP contribution in [0.1, 0.15) is 11.1 Å². The Morgan fingerprint density at radius 3 is 1.44 bits per heavy atom. The van der Waals surface area contributed by atoms with Crippen molar-refractivity contribution in [3.63, 3.8) is 0 Å². The van der Waals surface area contributed by atoms with Gasteiger partial charge in [-0.2, -0.15) is 0 Å². The molecule has 41 heavy (non-hydrogen) atoms. The summed E-state index contributed by atoms with van der Waals surface area (Å²) in [6.07, 6.45) is 0. The van der Waals surface area contributed by atoms with E-state index in [1.165, 1.54) is 87.3 Å². The van der Waals surface area contributed by atoms with Crippen molar-refractivity contribution in [2.45, 2.75) is 32.3 Å². The van der Waals surface area contributed by atoms with Gasteiger partial charge in [0.05, 0.1) is 21.3 Å². The van der Waals surface area contributed by atoms with Gasteiger partial charge in [-0.25, -0.2) is 25.4 Å². The van der Waals surface area contributed by atoms with Gasteiger partial charge >= 0.3 is 0 Å². The zero-order valence-electron chi connectivity index (χ0n) is 23.2. The van der Waals surface area contributed by atoms with E-state index in [4.69, 9.17) is 0 Å². The molecule has 0 saturated carbocycles. The highest BCUT2D eigenvalue weighted by Gasteiger charge is 2.20. The van der Waals surface area contributed by atoms with Gasteiger partial charge in [-0.05, 0) is 49.2 Å². The van der Waals surface area contributed by atoms with E-state index >= 15 is 0 Å². The highest BCUT2D eigenvalue weighted by Crippen LogP contribution is 2.30. The van der Waals surface area contributed by atoms with Crippen molar-refractivity contribution < 1.29 is 26.4 Å².